The molecule has 0 radical (unpaired) electrons. The summed E-state index contributed by atoms with van der Waals surface area (Å²) in [5, 5.41) is 2.91. The van der Waals surface area contributed by atoms with Crippen molar-refractivity contribution in [2.24, 2.45) is 0 Å². The minimum atomic E-state index is -0.328. The van der Waals surface area contributed by atoms with Gasteiger partial charge in [0.1, 0.15) is 5.82 Å². The Labute approximate surface area is 101 Å². The van der Waals surface area contributed by atoms with Crippen molar-refractivity contribution >= 4 is 33.0 Å². The predicted octanol–water partition coefficient (Wildman–Crippen LogP) is 3.31. The molecule has 5 heteroatoms. The molecule has 0 aliphatic rings. The van der Waals surface area contributed by atoms with Gasteiger partial charge < -0.3 is 11.1 Å². The molecule has 0 atom stereocenters. The third-order valence-corrected chi connectivity index (χ3v) is 2.46. The van der Waals surface area contributed by atoms with Crippen LogP contribution in [0.15, 0.2) is 41.1 Å². The Morgan fingerprint density at radius 2 is 2.06 bits per heavy atom. The maximum Gasteiger partial charge on any atom is 0.146 e. The van der Waals surface area contributed by atoms with Gasteiger partial charge in [0, 0.05) is 10.7 Å². The molecule has 0 unspecified atom stereocenters. The van der Waals surface area contributed by atoms with Gasteiger partial charge in [0.2, 0.25) is 0 Å². The third kappa shape index (κ3) is 2.49. The summed E-state index contributed by atoms with van der Waals surface area (Å²) in [5.41, 5.74) is 7.13. The van der Waals surface area contributed by atoms with Crippen LogP contribution in [0.1, 0.15) is 0 Å². The van der Waals surface area contributed by atoms with Gasteiger partial charge in [-0.15, -0.1) is 0 Å². The van der Waals surface area contributed by atoms with Gasteiger partial charge in [-0.3, -0.25) is 4.98 Å². The maximum absolute atomic E-state index is 13.4. The van der Waals surface area contributed by atoms with E-state index in [9.17, 15) is 4.39 Å². The highest BCUT2D eigenvalue weighted by Crippen LogP contribution is 2.24. The van der Waals surface area contributed by atoms with E-state index >= 15 is 0 Å². The van der Waals surface area contributed by atoms with Crippen LogP contribution in [0.4, 0.5) is 21.5 Å². The number of hydrogen-bond donors (Lipinski definition) is 2. The van der Waals surface area contributed by atoms with Gasteiger partial charge in [-0.25, -0.2) is 4.39 Å². The van der Waals surface area contributed by atoms with Gasteiger partial charge in [0.05, 0.1) is 23.3 Å². The van der Waals surface area contributed by atoms with Crippen LogP contribution in [0.2, 0.25) is 0 Å². The van der Waals surface area contributed by atoms with E-state index in [0.717, 1.165) is 4.47 Å². The summed E-state index contributed by atoms with van der Waals surface area (Å²) in [6.07, 6.45) is 3.11. The molecule has 3 N–H and O–H groups in total. The number of hydrogen-bond acceptors (Lipinski definition) is 3. The lowest BCUT2D eigenvalue weighted by Gasteiger charge is -2.07. The van der Waals surface area contributed by atoms with Crippen molar-refractivity contribution in [2.45, 2.75) is 0 Å². The second kappa shape index (κ2) is 4.49. The number of anilines is 3. The highest BCUT2D eigenvalue weighted by Gasteiger charge is 2.03. The van der Waals surface area contributed by atoms with Crippen molar-refractivity contribution in [3.63, 3.8) is 0 Å². The van der Waals surface area contributed by atoms with E-state index in [1.165, 1.54) is 12.3 Å². The van der Waals surface area contributed by atoms with Crippen LogP contribution in [0, 0.1) is 5.82 Å². The minimum Gasteiger partial charge on any atom is -0.397 e. The van der Waals surface area contributed by atoms with Gasteiger partial charge in [-0.1, -0.05) is 15.9 Å². The largest absolute Gasteiger partial charge is 0.397 e. The second-order valence-corrected chi connectivity index (χ2v) is 4.17. The molecule has 16 heavy (non-hydrogen) atoms. The van der Waals surface area contributed by atoms with Gasteiger partial charge in [-0.05, 0) is 24.3 Å². The van der Waals surface area contributed by atoms with Crippen LogP contribution < -0.4 is 11.1 Å². The first-order valence-electron chi connectivity index (χ1n) is 4.58. The summed E-state index contributed by atoms with van der Waals surface area (Å²) in [6, 6.07) is 6.36. The Balaban J connectivity index is 2.30. The number of nitrogens with two attached hydrogens (primary N) is 1. The average molecular weight is 282 g/mol. The van der Waals surface area contributed by atoms with E-state index in [2.05, 4.69) is 26.2 Å². The van der Waals surface area contributed by atoms with Crippen LogP contribution in [0.25, 0.3) is 0 Å². The van der Waals surface area contributed by atoms with Crippen molar-refractivity contribution in [3.8, 4) is 0 Å². The monoisotopic (exact) mass is 281 g/mol. The fourth-order valence-corrected chi connectivity index (χ4v) is 1.64. The Kier molecular flexibility index (Phi) is 3.05. The standard InChI is InChI=1S/C11H9BrFN3/c12-7-1-2-10(13)11(3-7)16-9-4-8(14)5-15-6-9/h1-6,16H,14H2. The Hall–Kier alpha value is -1.62. The van der Waals surface area contributed by atoms with Gasteiger partial charge >= 0.3 is 0 Å². The number of nitrogens with one attached hydrogen (secondary N) is 1. The molecule has 0 bridgehead atoms. The smallest absolute Gasteiger partial charge is 0.146 e. The second-order valence-electron chi connectivity index (χ2n) is 3.26. The van der Waals surface area contributed by atoms with Gasteiger partial charge in [-0.2, -0.15) is 0 Å². The Morgan fingerprint density at radius 1 is 1.25 bits per heavy atom. The average Bonchev–Trinajstić information content (AvgIpc) is 2.24. The molecule has 82 valence electrons. The Bertz CT molecular complexity index is 516. The zero-order valence-corrected chi connectivity index (χ0v) is 9.83. The molecule has 0 saturated heterocycles. The van der Waals surface area contributed by atoms with Crippen LogP contribution in [0.3, 0.4) is 0 Å². The molecule has 1 heterocycles. The molecule has 0 aliphatic carbocycles. The maximum atomic E-state index is 13.4. The number of nitrogen functional groups attached to an aromatic ring is 1. The first kappa shape index (κ1) is 10.9. The molecule has 3 nitrogen and oxygen atoms in total. The van der Waals surface area contributed by atoms with Gasteiger partial charge in [0.15, 0.2) is 0 Å². The first-order chi connectivity index (χ1) is 7.65. The van der Waals surface area contributed by atoms with E-state index in [0.29, 0.717) is 17.1 Å². The number of rotatable bonds is 2. The van der Waals surface area contributed by atoms with E-state index < -0.39 is 0 Å². The van der Waals surface area contributed by atoms with Crippen LogP contribution in [-0.2, 0) is 0 Å². The summed E-state index contributed by atoms with van der Waals surface area (Å²) in [4.78, 5) is 3.91. The number of aromatic nitrogens is 1. The van der Waals surface area contributed by atoms with E-state index in [-0.39, 0.29) is 5.82 Å². The van der Waals surface area contributed by atoms with Gasteiger partial charge in [0.25, 0.3) is 0 Å². The molecule has 0 amide bonds. The third-order valence-electron chi connectivity index (χ3n) is 1.97. The molecule has 1 aromatic heterocycles. The summed E-state index contributed by atoms with van der Waals surface area (Å²) in [7, 11) is 0. The molecule has 0 spiro atoms. The molecule has 0 aliphatic heterocycles. The minimum absolute atomic E-state index is 0.328. The molecular weight excluding hydrogens is 273 g/mol. The SMILES string of the molecule is Nc1cncc(Nc2cc(Br)ccc2F)c1. The molecule has 1 aromatic carbocycles. The summed E-state index contributed by atoms with van der Waals surface area (Å²) >= 11 is 3.28. The number of halogens is 2. The molecule has 0 fully saturated rings. The van der Waals surface area contributed by atoms with Crippen molar-refractivity contribution in [3.05, 3.63) is 46.9 Å². The zero-order valence-electron chi connectivity index (χ0n) is 8.24. The van der Waals surface area contributed by atoms with Crippen LogP contribution in [0.5, 0.6) is 0 Å². The first-order valence-corrected chi connectivity index (χ1v) is 5.37. The number of nitrogens with zero attached hydrogens (tertiary/aromatic N) is 1. The lowest BCUT2D eigenvalue weighted by Crippen LogP contribution is -1.96. The van der Waals surface area contributed by atoms with Crippen molar-refractivity contribution in [1.82, 2.24) is 4.98 Å². The fourth-order valence-electron chi connectivity index (χ4n) is 1.27. The molecular formula is C11H9BrFN3. The lowest BCUT2D eigenvalue weighted by molar-refractivity contribution is 0.631. The predicted molar refractivity (Wildman–Crippen MR) is 66.0 cm³/mol. The molecule has 2 rings (SSSR count). The van der Waals surface area contributed by atoms with Crippen LogP contribution in [-0.4, -0.2) is 4.98 Å². The highest BCUT2D eigenvalue weighted by atomic mass is 79.9. The quantitative estimate of drug-likeness (QED) is 0.888. The summed E-state index contributed by atoms with van der Waals surface area (Å²) < 4.78 is 14.2. The van der Waals surface area contributed by atoms with Crippen molar-refractivity contribution < 1.29 is 4.39 Å². The highest BCUT2D eigenvalue weighted by molar-refractivity contribution is 9.10. The Morgan fingerprint density at radius 3 is 2.81 bits per heavy atom. The zero-order chi connectivity index (χ0) is 11.5. The van der Waals surface area contributed by atoms with Crippen LogP contribution >= 0.6 is 15.9 Å². The van der Waals surface area contributed by atoms with E-state index in [4.69, 9.17) is 5.73 Å². The fraction of sp³-hybridized carbons (Fsp3) is 0. The van der Waals surface area contributed by atoms with E-state index in [1.807, 2.05) is 0 Å². The number of pyridine rings is 1. The normalized spacial score (nSPS) is 10.1. The van der Waals surface area contributed by atoms with E-state index in [1.54, 1.807) is 24.4 Å². The van der Waals surface area contributed by atoms with Crippen molar-refractivity contribution in [1.29, 1.82) is 0 Å². The topological polar surface area (TPSA) is 50.9 Å². The number of benzene rings is 1. The molecule has 0 saturated carbocycles. The summed E-state index contributed by atoms with van der Waals surface area (Å²) in [5.74, 6) is -0.328. The molecule has 2 aromatic rings. The summed E-state index contributed by atoms with van der Waals surface area (Å²) in [6.45, 7) is 0. The lowest BCUT2D eigenvalue weighted by atomic mass is 10.3. The van der Waals surface area contributed by atoms with Crippen molar-refractivity contribution in [2.75, 3.05) is 11.1 Å².